The maximum absolute atomic E-state index is 14.0. The van der Waals surface area contributed by atoms with Gasteiger partial charge in [0.2, 0.25) is 5.13 Å². The highest BCUT2D eigenvalue weighted by Crippen LogP contribution is 2.31. The fourth-order valence-electron chi connectivity index (χ4n) is 3.06. The Kier molecular flexibility index (Phi) is 5.64. The molecule has 1 fully saturated rings. The van der Waals surface area contributed by atoms with Gasteiger partial charge in [-0.25, -0.2) is 14.2 Å². The van der Waals surface area contributed by atoms with Crippen molar-refractivity contribution in [2.75, 3.05) is 18.4 Å². The van der Waals surface area contributed by atoms with Gasteiger partial charge < -0.3 is 4.90 Å². The number of benzene rings is 1. The van der Waals surface area contributed by atoms with Crippen molar-refractivity contribution < 1.29 is 22.4 Å². The monoisotopic (exact) mass is 402 g/mol. The third-order valence-corrected chi connectivity index (χ3v) is 5.25. The third-order valence-electron chi connectivity index (χ3n) is 4.53. The molecule has 1 aliphatic heterocycles. The van der Waals surface area contributed by atoms with E-state index in [-0.39, 0.29) is 17.5 Å². The first-order valence-electron chi connectivity index (χ1n) is 8.44. The van der Waals surface area contributed by atoms with E-state index >= 15 is 0 Å². The van der Waals surface area contributed by atoms with Crippen molar-refractivity contribution in [1.82, 2.24) is 14.3 Å². The molecule has 1 aromatic carbocycles. The second-order valence-electron chi connectivity index (χ2n) is 6.52. The summed E-state index contributed by atoms with van der Waals surface area (Å²) in [5, 5.41) is 3.13. The maximum atomic E-state index is 14.0. The summed E-state index contributed by atoms with van der Waals surface area (Å²) >= 11 is 1.11. The number of hydrogen-bond acceptors (Lipinski definition) is 4. The molecule has 0 spiro atoms. The molecule has 146 valence electrons. The molecular formula is C17H18F4N4OS. The molecular weight excluding hydrogens is 384 g/mol. The number of rotatable bonds is 3. The van der Waals surface area contributed by atoms with E-state index in [9.17, 15) is 22.4 Å². The first-order valence-corrected chi connectivity index (χ1v) is 9.21. The van der Waals surface area contributed by atoms with Crippen LogP contribution in [0.3, 0.4) is 0 Å². The standard InChI is InChI=1S/C17H18F4N4OS/c1-10-22-15(27-24-10)23-16(26)25-6-4-11(5-7-25)8-12-2-3-13(9-14(12)18)17(19,20)21/h2-3,9,11H,4-8H2,1H3,(H,22,23,24,26). The van der Waals surface area contributed by atoms with Crippen LogP contribution in [0, 0.1) is 18.7 Å². The molecule has 1 N–H and O–H groups in total. The Balaban J connectivity index is 1.53. The summed E-state index contributed by atoms with van der Waals surface area (Å²) in [7, 11) is 0. The fraction of sp³-hybridized carbons (Fsp3) is 0.471. The normalized spacial score (nSPS) is 15.8. The Morgan fingerprint density at radius 1 is 1.33 bits per heavy atom. The van der Waals surface area contributed by atoms with Crippen molar-refractivity contribution in [1.29, 1.82) is 0 Å². The van der Waals surface area contributed by atoms with Crippen LogP contribution in [0.4, 0.5) is 27.5 Å². The van der Waals surface area contributed by atoms with Gasteiger partial charge in [0.05, 0.1) is 5.56 Å². The van der Waals surface area contributed by atoms with Crippen LogP contribution in [0.1, 0.15) is 29.8 Å². The molecule has 27 heavy (non-hydrogen) atoms. The minimum absolute atomic E-state index is 0.115. The molecule has 0 bridgehead atoms. The molecule has 0 radical (unpaired) electrons. The number of likely N-dealkylation sites (tertiary alicyclic amines) is 1. The summed E-state index contributed by atoms with van der Waals surface area (Å²) in [6.07, 6.45) is -2.88. The Labute approximate surface area is 157 Å². The SMILES string of the molecule is Cc1nsc(NC(=O)N2CCC(Cc3ccc(C(F)(F)F)cc3F)CC2)n1. The zero-order valence-electron chi connectivity index (χ0n) is 14.5. The van der Waals surface area contributed by atoms with Crippen LogP contribution in [0.15, 0.2) is 18.2 Å². The van der Waals surface area contributed by atoms with E-state index in [1.54, 1.807) is 11.8 Å². The van der Waals surface area contributed by atoms with E-state index in [0.29, 0.717) is 49.4 Å². The molecule has 2 amide bonds. The van der Waals surface area contributed by atoms with Gasteiger partial charge in [-0.2, -0.15) is 17.5 Å². The number of carbonyl (C=O) groups is 1. The van der Waals surface area contributed by atoms with E-state index in [1.807, 2.05) is 0 Å². The quantitative estimate of drug-likeness (QED) is 0.770. The fourth-order valence-corrected chi connectivity index (χ4v) is 3.62. The summed E-state index contributed by atoms with van der Waals surface area (Å²) in [5.74, 6) is -0.131. The van der Waals surface area contributed by atoms with Crippen molar-refractivity contribution in [2.24, 2.45) is 5.92 Å². The van der Waals surface area contributed by atoms with Gasteiger partial charge in [0.25, 0.3) is 0 Å². The smallest absolute Gasteiger partial charge is 0.324 e. The van der Waals surface area contributed by atoms with Gasteiger partial charge in [0.15, 0.2) is 0 Å². The van der Waals surface area contributed by atoms with Crippen LogP contribution >= 0.6 is 11.5 Å². The lowest BCUT2D eigenvalue weighted by Gasteiger charge is -2.31. The van der Waals surface area contributed by atoms with E-state index in [1.165, 1.54) is 6.07 Å². The Morgan fingerprint density at radius 3 is 2.59 bits per heavy atom. The zero-order chi connectivity index (χ0) is 19.6. The summed E-state index contributed by atoms with van der Waals surface area (Å²) < 4.78 is 55.8. The second-order valence-corrected chi connectivity index (χ2v) is 7.27. The van der Waals surface area contributed by atoms with Gasteiger partial charge in [-0.15, -0.1) is 0 Å². The lowest BCUT2D eigenvalue weighted by Crippen LogP contribution is -2.41. The Hall–Kier alpha value is -2.23. The van der Waals surface area contributed by atoms with Gasteiger partial charge >= 0.3 is 12.2 Å². The molecule has 0 aliphatic carbocycles. The summed E-state index contributed by atoms with van der Waals surface area (Å²) in [5.41, 5.74) is -0.711. The second kappa shape index (κ2) is 7.79. The Morgan fingerprint density at radius 2 is 2.04 bits per heavy atom. The number of aromatic nitrogens is 2. The van der Waals surface area contributed by atoms with Crippen molar-refractivity contribution >= 4 is 22.7 Å². The maximum Gasteiger partial charge on any atom is 0.416 e. The van der Waals surface area contributed by atoms with E-state index in [2.05, 4.69) is 14.7 Å². The van der Waals surface area contributed by atoms with Crippen LogP contribution in [0.2, 0.25) is 0 Å². The van der Waals surface area contributed by atoms with Crippen molar-refractivity contribution in [2.45, 2.75) is 32.4 Å². The number of anilines is 1. The van der Waals surface area contributed by atoms with Gasteiger partial charge in [-0.1, -0.05) is 6.07 Å². The number of halogens is 4. The highest BCUT2D eigenvalue weighted by molar-refractivity contribution is 7.09. The number of alkyl halides is 3. The van der Waals surface area contributed by atoms with E-state index < -0.39 is 17.6 Å². The predicted molar refractivity (Wildman–Crippen MR) is 93.1 cm³/mol. The molecule has 0 saturated carbocycles. The number of amides is 2. The van der Waals surface area contributed by atoms with Crippen LogP contribution in [0.25, 0.3) is 0 Å². The number of nitrogens with zero attached hydrogens (tertiary/aromatic N) is 3. The molecule has 2 heterocycles. The van der Waals surface area contributed by atoms with Gasteiger partial charge in [-0.3, -0.25) is 5.32 Å². The molecule has 0 atom stereocenters. The molecule has 0 unspecified atom stereocenters. The lowest BCUT2D eigenvalue weighted by molar-refractivity contribution is -0.137. The van der Waals surface area contributed by atoms with E-state index in [0.717, 1.165) is 17.6 Å². The van der Waals surface area contributed by atoms with Crippen LogP contribution in [-0.4, -0.2) is 33.4 Å². The van der Waals surface area contributed by atoms with Gasteiger partial charge in [0.1, 0.15) is 11.6 Å². The molecule has 3 rings (SSSR count). The van der Waals surface area contributed by atoms with Crippen molar-refractivity contribution in [3.8, 4) is 0 Å². The number of aryl methyl sites for hydroxylation is 1. The number of urea groups is 1. The van der Waals surface area contributed by atoms with Crippen molar-refractivity contribution in [3.63, 3.8) is 0 Å². The van der Waals surface area contributed by atoms with Gasteiger partial charge in [-0.05, 0) is 49.8 Å². The average molecular weight is 402 g/mol. The molecule has 10 heteroatoms. The minimum Gasteiger partial charge on any atom is -0.324 e. The minimum atomic E-state index is -4.55. The molecule has 1 saturated heterocycles. The largest absolute Gasteiger partial charge is 0.416 e. The number of carbonyl (C=O) groups excluding carboxylic acids is 1. The number of piperidine rings is 1. The highest BCUT2D eigenvalue weighted by Gasteiger charge is 2.31. The summed E-state index contributed by atoms with van der Waals surface area (Å²) in [6.45, 7) is 2.73. The molecule has 5 nitrogen and oxygen atoms in total. The number of hydrogen-bond donors (Lipinski definition) is 1. The average Bonchev–Trinajstić information content (AvgIpc) is 3.01. The van der Waals surface area contributed by atoms with Crippen molar-refractivity contribution in [3.05, 3.63) is 41.0 Å². The topological polar surface area (TPSA) is 58.1 Å². The number of nitrogens with one attached hydrogen (secondary N) is 1. The molecule has 1 aromatic heterocycles. The highest BCUT2D eigenvalue weighted by atomic mass is 32.1. The molecule has 1 aliphatic rings. The summed E-state index contributed by atoms with van der Waals surface area (Å²) in [4.78, 5) is 17.9. The van der Waals surface area contributed by atoms with Gasteiger partial charge in [0, 0.05) is 24.6 Å². The zero-order valence-corrected chi connectivity index (χ0v) is 15.3. The first kappa shape index (κ1) is 19.5. The molecule has 2 aromatic rings. The van der Waals surface area contributed by atoms with E-state index in [4.69, 9.17) is 0 Å². The predicted octanol–water partition coefficient (Wildman–Crippen LogP) is 4.49. The third kappa shape index (κ3) is 4.94. The first-order chi connectivity index (χ1) is 12.7. The van der Waals surface area contributed by atoms with Crippen LogP contribution < -0.4 is 5.32 Å². The van der Waals surface area contributed by atoms with Crippen LogP contribution in [0.5, 0.6) is 0 Å². The van der Waals surface area contributed by atoms with Crippen LogP contribution in [-0.2, 0) is 12.6 Å². The lowest BCUT2D eigenvalue weighted by atomic mass is 9.89. The Bertz CT molecular complexity index is 816. The summed E-state index contributed by atoms with van der Waals surface area (Å²) in [6, 6.07) is 2.40.